The number of pyridine rings is 1. The first-order valence-corrected chi connectivity index (χ1v) is 19.8. The van der Waals surface area contributed by atoms with Gasteiger partial charge in [-0.25, -0.2) is 19.7 Å². The van der Waals surface area contributed by atoms with E-state index in [0.29, 0.717) is 48.8 Å². The lowest BCUT2D eigenvalue weighted by atomic mass is 9.98. The Hall–Kier alpha value is -6.01. The fourth-order valence-electron chi connectivity index (χ4n) is 7.77. The average molecular weight is 844 g/mol. The van der Waals surface area contributed by atoms with Crippen molar-refractivity contribution in [3.63, 3.8) is 0 Å². The van der Waals surface area contributed by atoms with Crippen molar-refractivity contribution in [3.8, 4) is 34.6 Å². The molecule has 1 amide bonds. The number of methoxy groups -OCH3 is 2. The van der Waals surface area contributed by atoms with Crippen molar-refractivity contribution in [2.75, 3.05) is 43.7 Å². The van der Waals surface area contributed by atoms with E-state index in [2.05, 4.69) is 16.0 Å². The molecule has 3 aromatic carbocycles. The Balaban J connectivity index is 1.35. The number of hydrogen-bond acceptors (Lipinski definition) is 11. The van der Waals surface area contributed by atoms with E-state index < -0.39 is 35.2 Å². The lowest BCUT2D eigenvalue weighted by molar-refractivity contribution is -0.137. The Morgan fingerprint density at radius 3 is 2.20 bits per heavy atom. The van der Waals surface area contributed by atoms with Crippen LogP contribution in [0.4, 0.5) is 29.6 Å². The van der Waals surface area contributed by atoms with E-state index >= 15 is 13.2 Å². The summed E-state index contributed by atoms with van der Waals surface area (Å²) in [6, 6.07) is 19.2. The molecular weight excluding hydrogens is 799 g/mol. The number of halogens is 4. The van der Waals surface area contributed by atoms with Gasteiger partial charge >= 0.3 is 12.3 Å². The number of carbonyl (C=O) groups excluding carboxylic acids is 1. The molecule has 12 nitrogen and oxygen atoms in total. The minimum Gasteiger partial charge on any atom is -0.497 e. The molecule has 0 aliphatic carbocycles. The molecule has 16 heteroatoms. The molecule has 0 saturated carbocycles. The summed E-state index contributed by atoms with van der Waals surface area (Å²) in [5, 5.41) is 10.2. The zero-order valence-corrected chi connectivity index (χ0v) is 34.9. The molecule has 0 N–H and O–H groups in total. The molecule has 7 rings (SSSR count). The lowest BCUT2D eigenvalue weighted by Crippen LogP contribution is -2.48. The van der Waals surface area contributed by atoms with Gasteiger partial charge in [0.15, 0.2) is 5.75 Å². The molecule has 2 aliphatic rings. The molecule has 4 heterocycles. The molecule has 1 fully saturated rings. The summed E-state index contributed by atoms with van der Waals surface area (Å²) in [6.45, 7) is 8.05. The molecule has 2 aromatic heterocycles. The van der Waals surface area contributed by atoms with Crippen LogP contribution in [0.5, 0.6) is 17.2 Å². The van der Waals surface area contributed by atoms with Gasteiger partial charge in [-0.15, -0.1) is 0 Å². The molecule has 1 unspecified atom stereocenters. The monoisotopic (exact) mass is 843 g/mol. The third-order valence-electron chi connectivity index (χ3n) is 10.5. The minimum absolute atomic E-state index is 0.0304. The zero-order chi connectivity index (χ0) is 42.9. The molecule has 314 valence electrons. The number of amides is 1. The number of ether oxygens (including phenoxy) is 4. The maximum atomic E-state index is 15.2. The molecule has 0 bridgehead atoms. The van der Waals surface area contributed by atoms with Gasteiger partial charge < -0.3 is 33.6 Å². The van der Waals surface area contributed by atoms with Gasteiger partial charge in [-0.05, 0) is 87.2 Å². The maximum absolute atomic E-state index is 15.2. The first-order valence-electron chi connectivity index (χ1n) is 19.4. The van der Waals surface area contributed by atoms with Crippen LogP contribution in [0.3, 0.4) is 0 Å². The number of anilines is 2. The number of aryl methyl sites for hydroxylation is 1. The number of nitrogens with zero attached hydrogens (tertiary/aromatic N) is 7. The summed E-state index contributed by atoms with van der Waals surface area (Å²) in [5.41, 5.74) is -0.0981. The number of alkyl halides is 3. The topological polar surface area (TPSA) is 126 Å². The van der Waals surface area contributed by atoms with Gasteiger partial charge in [0.1, 0.15) is 41.7 Å². The Kier molecular flexibility index (Phi) is 11.9. The maximum Gasteiger partial charge on any atom is 0.418 e. The third kappa shape index (κ3) is 8.79. The first kappa shape index (κ1) is 42.1. The number of hydrogen-bond donors (Lipinski definition) is 0. The van der Waals surface area contributed by atoms with Gasteiger partial charge in [-0.2, -0.15) is 18.4 Å². The Labute approximate surface area is 351 Å². The van der Waals surface area contributed by atoms with E-state index in [4.69, 9.17) is 35.5 Å². The average Bonchev–Trinajstić information content (AvgIpc) is 3.63. The van der Waals surface area contributed by atoms with Crippen LogP contribution in [-0.2, 0) is 24.0 Å². The molecule has 60 heavy (non-hydrogen) atoms. The second-order valence-corrected chi connectivity index (χ2v) is 16.2. The van der Waals surface area contributed by atoms with Crippen LogP contribution in [0.2, 0.25) is 5.02 Å². The summed E-state index contributed by atoms with van der Waals surface area (Å²) in [6.07, 6.45) is -3.37. The zero-order valence-electron chi connectivity index (χ0n) is 34.1. The van der Waals surface area contributed by atoms with Crippen LogP contribution >= 0.6 is 11.6 Å². The van der Waals surface area contributed by atoms with Gasteiger partial charge in [0.2, 0.25) is 0 Å². The van der Waals surface area contributed by atoms with Crippen molar-refractivity contribution in [1.82, 2.24) is 19.9 Å². The highest BCUT2D eigenvalue weighted by Crippen LogP contribution is 2.49. The van der Waals surface area contributed by atoms with Gasteiger partial charge in [-0.3, -0.25) is 0 Å². The second kappa shape index (κ2) is 16.9. The fraction of sp³-hybridized carbons (Fsp3) is 0.386. The van der Waals surface area contributed by atoms with Gasteiger partial charge in [0.05, 0.1) is 66.0 Å². The summed E-state index contributed by atoms with van der Waals surface area (Å²) in [7, 11) is 3.15. The first-order chi connectivity index (χ1) is 28.6. The predicted octanol–water partition coefficient (Wildman–Crippen LogP) is 9.39. The normalized spacial score (nSPS) is 16.6. The van der Waals surface area contributed by atoms with Crippen LogP contribution in [0.25, 0.3) is 22.2 Å². The predicted molar refractivity (Wildman–Crippen MR) is 222 cm³/mol. The lowest BCUT2D eigenvalue weighted by Gasteiger charge is -2.35. The molecular formula is C44H45ClF3N7O5. The summed E-state index contributed by atoms with van der Waals surface area (Å²) >= 11 is 7.20. The van der Waals surface area contributed by atoms with E-state index in [0.717, 1.165) is 11.1 Å². The van der Waals surface area contributed by atoms with Crippen molar-refractivity contribution >= 4 is 40.2 Å². The highest BCUT2D eigenvalue weighted by atomic mass is 35.5. The van der Waals surface area contributed by atoms with Gasteiger partial charge in [0.25, 0.3) is 0 Å². The number of benzene rings is 3. The third-order valence-corrected chi connectivity index (χ3v) is 10.9. The molecule has 0 radical (unpaired) electrons. The summed E-state index contributed by atoms with van der Waals surface area (Å²) in [4.78, 5) is 32.5. The number of nitriles is 1. The van der Waals surface area contributed by atoms with E-state index in [-0.39, 0.29) is 58.8 Å². The Morgan fingerprint density at radius 1 is 1.00 bits per heavy atom. The van der Waals surface area contributed by atoms with Crippen molar-refractivity contribution < 1.29 is 36.9 Å². The smallest absolute Gasteiger partial charge is 0.418 e. The van der Waals surface area contributed by atoms with E-state index in [1.807, 2.05) is 58.3 Å². The molecule has 1 saturated heterocycles. The summed E-state index contributed by atoms with van der Waals surface area (Å²) in [5.74, 6) is 2.10. The highest BCUT2D eigenvalue weighted by molar-refractivity contribution is 6.36. The number of likely N-dealkylation sites (tertiary alicyclic amines) is 1. The van der Waals surface area contributed by atoms with Gasteiger partial charge in [0, 0.05) is 31.7 Å². The minimum atomic E-state index is -4.82. The number of carbonyl (C=O) groups is 1. The molecule has 2 aliphatic heterocycles. The second-order valence-electron chi connectivity index (χ2n) is 15.8. The van der Waals surface area contributed by atoms with Gasteiger partial charge in [-0.1, -0.05) is 35.9 Å². The highest BCUT2D eigenvalue weighted by Gasteiger charge is 2.42. The van der Waals surface area contributed by atoms with Crippen molar-refractivity contribution in [1.29, 1.82) is 5.26 Å². The summed E-state index contributed by atoms with van der Waals surface area (Å²) < 4.78 is 68.4. The number of aromatic nitrogens is 3. The van der Waals surface area contributed by atoms with Crippen LogP contribution in [-0.4, -0.2) is 77.5 Å². The van der Waals surface area contributed by atoms with Crippen LogP contribution in [0, 0.1) is 18.3 Å². The Morgan fingerprint density at radius 2 is 1.63 bits per heavy atom. The van der Waals surface area contributed by atoms with Crippen LogP contribution in [0.15, 0.2) is 67.0 Å². The van der Waals surface area contributed by atoms with Crippen molar-refractivity contribution in [2.24, 2.45) is 0 Å². The number of rotatable bonds is 10. The quantitative estimate of drug-likeness (QED) is 0.134. The Bertz CT molecular complexity index is 2370. The van der Waals surface area contributed by atoms with E-state index in [1.165, 1.54) is 25.4 Å². The molecule has 0 spiro atoms. The SMILES string of the molecule is COc1ccc(CN(Cc2ccc(OC)cc2)c2cc(C)c(C(F)(F)F)c(-c3cc4ncnc5c4c(c3Cl)OC[C@H](CC#N)N5C3CCN(C(=O)OC(C)(C)C)C3)n2)cc1. The van der Waals surface area contributed by atoms with Crippen LogP contribution in [0.1, 0.15) is 55.9 Å². The molecule has 2 atom stereocenters. The molecule has 5 aromatic rings. The van der Waals surface area contributed by atoms with Crippen molar-refractivity contribution in [2.45, 2.75) is 77.5 Å². The standard InChI is InChI=1S/C44H45ClF3N7O5/c1-26-19-35(54(21-27-7-11-31(57-5)12-8-27)22-28-9-13-32(58-6)14-10-28)52-39(37(26)44(46,47)48)33-20-34-36-40(38(33)45)59-24-30(15-17-49)55(41(36)51-25-50-34)29-16-18-53(23-29)42(56)60-43(2,3)4/h7-14,19-20,25,29-30H,15-16,18,21-24H2,1-6H3/t29?,30-/m0/s1. The van der Waals surface area contributed by atoms with E-state index in [9.17, 15) is 10.1 Å². The van der Waals surface area contributed by atoms with Crippen LogP contribution < -0.4 is 24.0 Å². The fourth-order valence-corrected chi connectivity index (χ4v) is 8.06. The van der Waals surface area contributed by atoms with Crippen molar-refractivity contribution in [3.05, 3.63) is 94.3 Å². The largest absolute Gasteiger partial charge is 0.497 e. The van der Waals surface area contributed by atoms with E-state index in [1.54, 1.807) is 39.9 Å².